The van der Waals surface area contributed by atoms with Crippen molar-refractivity contribution >= 4 is 5.91 Å². The highest BCUT2D eigenvalue weighted by atomic mass is 16.3. The molecule has 5 nitrogen and oxygen atoms in total. The summed E-state index contributed by atoms with van der Waals surface area (Å²) in [5, 5.41) is 16.8. The Morgan fingerprint density at radius 2 is 1.04 bits per heavy atom. The molecule has 0 aliphatic heterocycles. The van der Waals surface area contributed by atoms with Gasteiger partial charge in [0.25, 0.3) is 0 Å². The molecular formula is C40H81N3O2. The number of carbonyl (C=O) groups excluding carboxylic acids is 1. The van der Waals surface area contributed by atoms with E-state index in [1.54, 1.807) is 0 Å². The normalized spacial score (nSPS) is 12.5. The third-order valence-corrected chi connectivity index (χ3v) is 9.16. The molecule has 0 aromatic heterocycles. The van der Waals surface area contributed by atoms with Gasteiger partial charge in [0.2, 0.25) is 5.91 Å². The van der Waals surface area contributed by atoms with E-state index in [1.807, 2.05) is 0 Å². The van der Waals surface area contributed by atoms with Crippen LogP contribution in [0.25, 0.3) is 0 Å². The molecule has 5 heteroatoms. The lowest BCUT2D eigenvalue weighted by atomic mass is 10.1. The van der Waals surface area contributed by atoms with Gasteiger partial charge in [-0.3, -0.25) is 4.79 Å². The Morgan fingerprint density at radius 1 is 0.600 bits per heavy atom. The summed E-state index contributed by atoms with van der Waals surface area (Å²) in [6.07, 6.45) is 39.6. The maximum atomic E-state index is 12.1. The zero-order chi connectivity index (χ0) is 32.9. The lowest BCUT2D eigenvalue weighted by Crippen LogP contribution is -2.39. The van der Waals surface area contributed by atoms with Crippen LogP contribution < -0.4 is 10.6 Å². The van der Waals surface area contributed by atoms with E-state index >= 15 is 0 Å². The largest absolute Gasteiger partial charge is 0.390 e. The third-order valence-electron chi connectivity index (χ3n) is 9.16. The molecule has 0 rings (SSSR count). The number of hydrogen-bond acceptors (Lipinski definition) is 4. The van der Waals surface area contributed by atoms with Gasteiger partial charge in [0.05, 0.1) is 6.10 Å². The predicted octanol–water partition coefficient (Wildman–Crippen LogP) is 10.5. The highest BCUT2D eigenvalue weighted by Gasteiger charge is 2.10. The van der Waals surface area contributed by atoms with Crippen LogP contribution in [0.5, 0.6) is 0 Å². The fourth-order valence-electron chi connectivity index (χ4n) is 6.08. The number of rotatable bonds is 37. The predicted molar refractivity (Wildman–Crippen MR) is 199 cm³/mol. The van der Waals surface area contributed by atoms with Crippen molar-refractivity contribution < 1.29 is 9.90 Å². The van der Waals surface area contributed by atoms with Gasteiger partial charge in [0.1, 0.15) is 0 Å². The van der Waals surface area contributed by atoms with Crippen LogP contribution in [0.15, 0.2) is 12.2 Å². The molecule has 0 aliphatic carbocycles. The zero-order valence-corrected chi connectivity index (χ0v) is 30.9. The zero-order valence-electron chi connectivity index (χ0n) is 30.9. The molecule has 1 atom stereocenters. The smallest absolute Gasteiger partial charge is 0.221 e. The maximum Gasteiger partial charge on any atom is 0.221 e. The molecule has 268 valence electrons. The van der Waals surface area contributed by atoms with E-state index in [0.29, 0.717) is 26.1 Å². The summed E-state index contributed by atoms with van der Waals surface area (Å²) < 4.78 is 0. The van der Waals surface area contributed by atoms with Crippen LogP contribution in [0.3, 0.4) is 0 Å². The Balaban J connectivity index is 3.49. The number of likely N-dealkylation sites (N-methyl/N-ethyl adjacent to an activating group) is 1. The van der Waals surface area contributed by atoms with Gasteiger partial charge in [0, 0.05) is 32.6 Å². The molecular weight excluding hydrogens is 554 g/mol. The summed E-state index contributed by atoms with van der Waals surface area (Å²) in [5.41, 5.74) is 0. The van der Waals surface area contributed by atoms with Crippen molar-refractivity contribution in [3.05, 3.63) is 12.2 Å². The van der Waals surface area contributed by atoms with Crippen LogP contribution in [0.2, 0.25) is 0 Å². The lowest BCUT2D eigenvalue weighted by molar-refractivity contribution is -0.121. The van der Waals surface area contributed by atoms with Gasteiger partial charge >= 0.3 is 0 Å². The first-order valence-electron chi connectivity index (χ1n) is 20.2. The number of aliphatic hydroxyl groups is 1. The summed E-state index contributed by atoms with van der Waals surface area (Å²) in [6, 6.07) is 0. The minimum Gasteiger partial charge on any atom is -0.390 e. The van der Waals surface area contributed by atoms with Gasteiger partial charge in [-0.25, -0.2) is 0 Å². The van der Waals surface area contributed by atoms with Crippen LogP contribution in [-0.4, -0.2) is 61.3 Å². The minimum absolute atomic E-state index is 0.117. The number of nitrogens with zero attached hydrogens (tertiary/aromatic N) is 1. The van der Waals surface area contributed by atoms with E-state index in [2.05, 4.69) is 48.5 Å². The summed E-state index contributed by atoms with van der Waals surface area (Å²) in [6.45, 7) is 11.5. The topological polar surface area (TPSA) is 64.6 Å². The Morgan fingerprint density at radius 3 is 1.53 bits per heavy atom. The van der Waals surface area contributed by atoms with Crippen molar-refractivity contribution in [2.24, 2.45) is 0 Å². The lowest BCUT2D eigenvalue weighted by Gasteiger charge is -2.23. The van der Waals surface area contributed by atoms with Crippen LogP contribution in [-0.2, 0) is 4.79 Å². The van der Waals surface area contributed by atoms with E-state index in [9.17, 15) is 9.90 Å². The van der Waals surface area contributed by atoms with E-state index in [0.717, 1.165) is 26.1 Å². The second kappa shape index (κ2) is 37.5. The molecule has 0 aliphatic rings. The highest BCUT2D eigenvalue weighted by Crippen LogP contribution is 2.13. The molecule has 1 unspecified atom stereocenters. The molecule has 3 N–H and O–H groups in total. The van der Waals surface area contributed by atoms with Gasteiger partial charge < -0.3 is 20.6 Å². The standard InChI is InChI=1S/C40H81N3O2/c1-4-7-9-11-13-15-17-19-20-21-22-23-25-27-29-31-34-42-40(45)33-35-41-37-39(44)38-43(6-3)36-32-30-28-26-24-18-16-14-12-10-8-5-2/h19-20,39,41,44H,4-18,21-38H2,1-3H3,(H,42,45). The molecule has 1 amide bonds. The Bertz CT molecular complexity index is 612. The molecule has 45 heavy (non-hydrogen) atoms. The fourth-order valence-corrected chi connectivity index (χ4v) is 6.08. The van der Waals surface area contributed by atoms with Crippen LogP contribution in [0, 0.1) is 0 Å². The van der Waals surface area contributed by atoms with Crippen molar-refractivity contribution in [2.45, 2.75) is 200 Å². The molecule has 0 saturated heterocycles. The van der Waals surface area contributed by atoms with Gasteiger partial charge in [0.15, 0.2) is 0 Å². The summed E-state index contributed by atoms with van der Waals surface area (Å²) >= 11 is 0. The molecule has 0 radical (unpaired) electrons. The van der Waals surface area contributed by atoms with Crippen molar-refractivity contribution in [3.8, 4) is 0 Å². The van der Waals surface area contributed by atoms with Crippen LogP contribution in [0.4, 0.5) is 0 Å². The summed E-state index contributed by atoms with van der Waals surface area (Å²) in [7, 11) is 0. The number of unbranched alkanes of at least 4 members (excludes halogenated alkanes) is 23. The SMILES string of the molecule is CCCCCCCCC=CCCCCCCCCNC(=O)CCNCC(O)CN(CC)CCCCCCCCCCCCCC. The molecule has 0 bridgehead atoms. The maximum absolute atomic E-state index is 12.1. The van der Waals surface area contributed by atoms with Crippen molar-refractivity contribution in [2.75, 3.05) is 39.3 Å². The van der Waals surface area contributed by atoms with Crippen molar-refractivity contribution in [3.63, 3.8) is 0 Å². The third kappa shape index (κ3) is 35.8. The van der Waals surface area contributed by atoms with E-state index < -0.39 is 0 Å². The molecule has 0 heterocycles. The number of hydrogen-bond donors (Lipinski definition) is 3. The first-order valence-corrected chi connectivity index (χ1v) is 20.2. The molecule has 0 fully saturated rings. The van der Waals surface area contributed by atoms with E-state index in [1.165, 1.54) is 161 Å². The second-order valence-corrected chi connectivity index (χ2v) is 13.7. The second-order valence-electron chi connectivity index (χ2n) is 13.7. The Hall–Kier alpha value is -0.910. The first-order chi connectivity index (χ1) is 22.1. The van der Waals surface area contributed by atoms with Gasteiger partial charge in [-0.1, -0.05) is 161 Å². The van der Waals surface area contributed by atoms with Crippen LogP contribution in [0.1, 0.15) is 194 Å². The number of carbonyl (C=O) groups is 1. The Labute approximate surface area is 282 Å². The molecule has 0 saturated carbocycles. The quantitative estimate of drug-likeness (QED) is 0.0469. The highest BCUT2D eigenvalue weighted by molar-refractivity contribution is 5.75. The van der Waals surface area contributed by atoms with Gasteiger partial charge in [-0.15, -0.1) is 0 Å². The van der Waals surface area contributed by atoms with E-state index in [-0.39, 0.29) is 12.0 Å². The van der Waals surface area contributed by atoms with Crippen molar-refractivity contribution in [1.82, 2.24) is 15.5 Å². The number of aliphatic hydroxyl groups excluding tert-OH is 1. The average Bonchev–Trinajstić information content (AvgIpc) is 3.04. The Kier molecular flexibility index (Phi) is 36.8. The summed E-state index contributed by atoms with van der Waals surface area (Å²) in [4.78, 5) is 14.5. The monoisotopic (exact) mass is 636 g/mol. The molecule has 0 aromatic carbocycles. The molecule has 0 aromatic rings. The molecule has 0 spiro atoms. The van der Waals surface area contributed by atoms with Crippen molar-refractivity contribution in [1.29, 1.82) is 0 Å². The number of nitrogens with one attached hydrogen (secondary N) is 2. The fraction of sp³-hybridized carbons (Fsp3) is 0.925. The number of allylic oxidation sites excluding steroid dienone is 2. The minimum atomic E-state index is -0.383. The summed E-state index contributed by atoms with van der Waals surface area (Å²) in [5.74, 6) is 0.117. The average molecular weight is 636 g/mol. The number of amides is 1. The van der Waals surface area contributed by atoms with E-state index in [4.69, 9.17) is 0 Å². The van der Waals surface area contributed by atoms with Gasteiger partial charge in [-0.05, 0) is 51.6 Å². The van der Waals surface area contributed by atoms with Gasteiger partial charge in [-0.2, -0.15) is 0 Å². The first kappa shape index (κ1) is 44.1. The van der Waals surface area contributed by atoms with Crippen LogP contribution >= 0.6 is 0 Å².